The monoisotopic (exact) mass is 426 g/mol. The van der Waals surface area contributed by atoms with E-state index < -0.39 is 11.8 Å². The fraction of sp³-hybridized carbons (Fsp3) is 0.125. The molecule has 7 heteroatoms. The highest BCUT2D eigenvalue weighted by atomic mass is 127. The SMILES string of the molecule is CCOC(=O)c1oc2ccncc2c1Nc1ccc(I)cc1F. The van der Waals surface area contributed by atoms with E-state index in [9.17, 15) is 9.18 Å². The number of carbonyl (C=O) groups is 1. The minimum atomic E-state index is -0.614. The minimum Gasteiger partial charge on any atom is -0.460 e. The molecule has 23 heavy (non-hydrogen) atoms. The molecule has 0 spiro atoms. The molecule has 5 nitrogen and oxygen atoms in total. The summed E-state index contributed by atoms with van der Waals surface area (Å²) in [6.45, 7) is 1.92. The first kappa shape index (κ1) is 15.7. The van der Waals surface area contributed by atoms with Crippen LogP contribution < -0.4 is 5.32 Å². The maximum absolute atomic E-state index is 14.1. The molecule has 3 aromatic rings. The van der Waals surface area contributed by atoms with Gasteiger partial charge >= 0.3 is 5.97 Å². The Morgan fingerprint density at radius 1 is 1.43 bits per heavy atom. The van der Waals surface area contributed by atoms with Gasteiger partial charge in [0.2, 0.25) is 5.76 Å². The van der Waals surface area contributed by atoms with Crippen molar-refractivity contribution in [1.82, 2.24) is 4.98 Å². The van der Waals surface area contributed by atoms with Gasteiger partial charge in [-0.3, -0.25) is 4.98 Å². The zero-order valence-electron chi connectivity index (χ0n) is 12.1. The van der Waals surface area contributed by atoms with Gasteiger partial charge in [0, 0.05) is 16.0 Å². The zero-order chi connectivity index (χ0) is 16.4. The lowest BCUT2D eigenvalue weighted by Gasteiger charge is -2.08. The van der Waals surface area contributed by atoms with Crippen LogP contribution in [0.4, 0.5) is 15.8 Å². The average Bonchev–Trinajstić information content (AvgIpc) is 2.89. The molecule has 0 aliphatic heterocycles. The summed E-state index contributed by atoms with van der Waals surface area (Å²) in [4.78, 5) is 16.1. The Kier molecular flexibility index (Phi) is 4.46. The summed E-state index contributed by atoms with van der Waals surface area (Å²) < 4.78 is 25.4. The lowest BCUT2D eigenvalue weighted by molar-refractivity contribution is 0.0494. The van der Waals surface area contributed by atoms with Crippen molar-refractivity contribution in [2.45, 2.75) is 6.92 Å². The molecule has 0 radical (unpaired) electrons. The first-order valence-corrected chi connectivity index (χ1v) is 7.93. The van der Waals surface area contributed by atoms with Crippen molar-refractivity contribution in [3.63, 3.8) is 0 Å². The molecular formula is C16H12FIN2O3. The Labute approximate surface area is 145 Å². The first-order valence-electron chi connectivity index (χ1n) is 6.86. The largest absolute Gasteiger partial charge is 0.460 e. The maximum Gasteiger partial charge on any atom is 0.376 e. The number of nitrogens with zero attached hydrogens (tertiary/aromatic N) is 1. The van der Waals surface area contributed by atoms with E-state index in [1.165, 1.54) is 6.07 Å². The molecule has 2 heterocycles. The highest BCUT2D eigenvalue weighted by Crippen LogP contribution is 2.34. The number of aromatic nitrogens is 1. The van der Waals surface area contributed by atoms with E-state index in [0.29, 0.717) is 16.7 Å². The third-order valence-corrected chi connectivity index (χ3v) is 3.81. The van der Waals surface area contributed by atoms with Gasteiger partial charge in [0.05, 0.1) is 17.7 Å². The summed E-state index contributed by atoms with van der Waals surface area (Å²) in [6, 6.07) is 6.39. The standard InChI is InChI=1S/C16H12FIN2O3/c1-2-22-16(21)15-14(10-8-19-6-5-13(10)23-15)20-12-4-3-9(18)7-11(12)17/h3-8,20H,2H2,1H3. The summed E-state index contributed by atoms with van der Waals surface area (Å²) in [7, 11) is 0. The van der Waals surface area contributed by atoms with E-state index in [4.69, 9.17) is 9.15 Å². The van der Waals surface area contributed by atoms with Crippen LogP contribution >= 0.6 is 22.6 Å². The predicted molar refractivity (Wildman–Crippen MR) is 92.4 cm³/mol. The van der Waals surface area contributed by atoms with Crippen LogP contribution in [-0.4, -0.2) is 17.6 Å². The van der Waals surface area contributed by atoms with Crippen LogP contribution in [0.2, 0.25) is 0 Å². The second-order valence-electron chi connectivity index (χ2n) is 4.65. The van der Waals surface area contributed by atoms with Crippen molar-refractivity contribution in [1.29, 1.82) is 0 Å². The van der Waals surface area contributed by atoms with Gasteiger partial charge < -0.3 is 14.5 Å². The maximum atomic E-state index is 14.1. The van der Waals surface area contributed by atoms with Gasteiger partial charge in [-0.2, -0.15) is 0 Å². The van der Waals surface area contributed by atoms with Crippen LogP contribution in [0.15, 0.2) is 41.1 Å². The summed E-state index contributed by atoms with van der Waals surface area (Å²) in [6.07, 6.45) is 3.10. The first-order chi connectivity index (χ1) is 11.1. The number of ether oxygens (including phenoxy) is 1. The predicted octanol–water partition coefficient (Wildman–Crippen LogP) is 4.49. The van der Waals surface area contributed by atoms with Crippen molar-refractivity contribution in [3.05, 3.63) is 51.8 Å². The fourth-order valence-electron chi connectivity index (χ4n) is 2.13. The lowest BCUT2D eigenvalue weighted by atomic mass is 10.2. The van der Waals surface area contributed by atoms with Gasteiger partial charge in [-0.15, -0.1) is 0 Å². The summed E-state index contributed by atoms with van der Waals surface area (Å²) in [5, 5.41) is 3.49. The second-order valence-corrected chi connectivity index (χ2v) is 5.89. The van der Waals surface area contributed by atoms with Crippen LogP contribution in [0.3, 0.4) is 0 Å². The molecule has 0 saturated heterocycles. The number of hydrogen-bond donors (Lipinski definition) is 1. The number of hydrogen-bond acceptors (Lipinski definition) is 5. The van der Waals surface area contributed by atoms with Crippen LogP contribution in [-0.2, 0) is 4.74 Å². The van der Waals surface area contributed by atoms with Crippen molar-refractivity contribution >= 4 is 50.9 Å². The van der Waals surface area contributed by atoms with E-state index in [2.05, 4.69) is 10.3 Å². The van der Waals surface area contributed by atoms with Gasteiger partial charge in [0.25, 0.3) is 0 Å². The summed E-state index contributed by atoms with van der Waals surface area (Å²) in [5.74, 6) is -1.05. The Morgan fingerprint density at radius 3 is 3.00 bits per heavy atom. The number of furan rings is 1. The van der Waals surface area contributed by atoms with E-state index >= 15 is 0 Å². The normalized spacial score (nSPS) is 10.7. The highest BCUT2D eigenvalue weighted by molar-refractivity contribution is 14.1. The Morgan fingerprint density at radius 2 is 2.26 bits per heavy atom. The molecule has 3 rings (SSSR count). The molecule has 0 bridgehead atoms. The van der Waals surface area contributed by atoms with Gasteiger partial charge in [-0.25, -0.2) is 9.18 Å². The van der Waals surface area contributed by atoms with Crippen LogP contribution in [0.5, 0.6) is 0 Å². The van der Waals surface area contributed by atoms with E-state index in [1.54, 1.807) is 37.5 Å². The smallest absolute Gasteiger partial charge is 0.376 e. The number of benzene rings is 1. The Balaban J connectivity index is 2.10. The summed E-state index contributed by atoms with van der Waals surface area (Å²) in [5.41, 5.74) is 1.05. The van der Waals surface area contributed by atoms with Gasteiger partial charge in [0.15, 0.2) is 0 Å². The molecule has 118 valence electrons. The van der Waals surface area contributed by atoms with Crippen molar-refractivity contribution in [3.8, 4) is 0 Å². The molecular weight excluding hydrogens is 414 g/mol. The number of carbonyl (C=O) groups excluding carboxylic acids is 1. The molecule has 1 N–H and O–H groups in total. The topological polar surface area (TPSA) is 64.4 Å². The highest BCUT2D eigenvalue weighted by Gasteiger charge is 2.22. The number of anilines is 2. The molecule has 0 amide bonds. The minimum absolute atomic E-state index is 0.00667. The van der Waals surface area contributed by atoms with Crippen LogP contribution in [0, 0.1) is 9.39 Å². The molecule has 0 unspecified atom stereocenters. The van der Waals surface area contributed by atoms with Crippen molar-refractivity contribution in [2.75, 3.05) is 11.9 Å². The number of pyridine rings is 1. The van der Waals surface area contributed by atoms with Gasteiger partial charge in [0.1, 0.15) is 17.1 Å². The van der Waals surface area contributed by atoms with Crippen LogP contribution in [0.1, 0.15) is 17.5 Å². The Hall–Kier alpha value is -2.16. The van der Waals surface area contributed by atoms with Gasteiger partial charge in [-0.1, -0.05) is 0 Å². The van der Waals surface area contributed by atoms with E-state index in [-0.39, 0.29) is 18.1 Å². The zero-order valence-corrected chi connectivity index (χ0v) is 14.3. The average molecular weight is 426 g/mol. The molecule has 0 atom stereocenters. The summed E-state index contributed by atoms with van der Waals surface area (Å²) >= 11 is 2.02. The third kappa shape index (κ3) is 3.14. The number of fused-ring (bicyclic) bond motifs is 1. The third-order valence-electron chi connectivity index (χ3n) is 3.14. The number of rotatable bonds is 4. The van der Waals surface area contributed by atoms with Crippen LogP contribution in [0.25, 0.3) is 11.0 Å². The van der Waals surface area contributed by atoms with Crippen molar-refractivity contribution < 1.29 is 18.3 Å². The van der Waals surface area contributed by atoms with E-state index in [0.717, 1.165) is 3.57 Å². The quantitative estimate of drug-likeness (QED) is 0.492. The van der Waals surface area contributed by atoms with E-state index in [1.807, 2.05) is 22.6 Å². The fourth-order valence-corrected chi connectivity index (χ4v) is 2.58. The second kappa shape index (κ2) is 6.53. The molecule has 0 aliphatic rings. The number of nitrogens with one attached hydrogen (secondary N) is 1. The molecule has 0 aliphatic carbocycles. The number of esters is 1. The molecule has 1 aromatic carbocycles. The van der Waals surface area contributed by atoms with Crippen molar-refractivity contribution in [2.24, 2.45) is 0 Å². The van der Waals surface area contributed by atoms with Gasteiger partial charge in [-0.05, 0) is 53.8 Å². The molecule has 2 aromatic heterocycles. The number of halogens is 2. The Bertz CT molecular complexity index is 879. The lowest BCUT2D eigenvalue weighted by Crippen LogP contribution is -2.06. The molecule has 0 fully saturated rings. The molecule has 0 saturated carbocycles.